The number of nitro groups is 1. The summed E-state index contributed by atoms with van der Waals surface area (Å²) in [6.45, 7) is 1.52. The molecule has 0 saturated heterocycles. The topological polar surface area (TPSA) is 113 Å². The maximum atomic E-state index is 12.3. The third-order valence-corrected chi connectivity index (χ3v) is 4.34. The zero-order valence-electron chi connectivity index (χ0n) is 11.5. The first-order valence-electron chi connectivity index (χ1n) is 6.12. The first-order valence-corrected chi connectivity index (χ1v) is 7.60. The highest BCUT2D eigenvalue weighted by molar-refractivity contribution is 7.92. The van der Waals surface area contributed by atoms with Crippen molar-refractivity contribution in [3.8, 4) is 6.07 Å². The Morgan fingerprint density at radius 3 is 2.55 bits per heavy atom. The predicted octanol–water partition coefficient (Wildman–Crippen LogP) is 2.58. The molecule has 7 nitrogen and oxygen atoms in total. The lowest BCUT2D eigenvalue weighted by Gasteiger charge is -2.09. The monoisotopic (exact) mass is 317 g/mol. The van der Waals surface area contributed by atoms with Crippen molar-refractivity contribution in [3.05, 3.63) is 63.7 Å². The van der Waals surface area contributed by atoms with E-state index in [1.54, 1.807) is 12.1 Å². The van der Waals surface area contributed by atoms with Crippen LogP contribution in [-0.4, -0.2) is 13.3 Å². The highest BCUT2D eigenvalue weighted by Gasteiger charge is 2.20. The first kappa shape index (κ1) is 15.5. The normalized spacial score (nSPS) is 10.7. The summed E-state index contributed by atoms with van der Waals surface area (Å²) in [5.74, 6) is 0. The fourth-order valence-corrected chi connectivity index (χ4v) is 2.93. The number of nitrogens with one attached hydrogen (secondary N) is 1. The molecule has 0 unspecified atom stereocenters. The van der Waals surface area contributed by atoms with Crippen LogP contribution in [0.1, 0.15) is 11.1 Å². The average molecular weight is 317 g/mol. The summed E-state index contributed by atoms with van der Waals surface area (Å²) in [6.07, 6.45) is 0. The third kappa shape index (κ3) is 3.05. The molecule has 1 N–H and O–H groups in total. The van der Waals surface area contributed by atoms with Crippen molar-refractivity contribution >= 4 is 21.4 Å². The van der Waals surface area contributed by atoms with Gasteiger partial charge >= 0.3 is 0 Å². The summed E-state index contributed by atoms with van der Waals surface area (Å²) in [6, 6.07) is 11.6. The van der Waals surface area contributed by atoms with E-state index in [0.29, 0.717) is 5.56 Å². The molecule has 8 heteroatoms. The molecular formula is C14H11N3O4S. The van der Waals surface area contributed by atoms with Gasteiger partial charge in [0, 0.05) is 11.6 Å². The van der Waals surface area contributed by atoms with E-state index < -0.39 is 14.9 Å². The van der Waals surface area contributed by atoms with E-state index in [0.717, 1.165) is 6.07 Å². The Bertz CT molecular complexity index is 885. The van der Waals surface area contributed by atoms with Crippen LogP contribution in [0, 0.1) is 28.4 Å². The van der Waals surface area contributed by atoms with Crippen molar-refractivity contribution in [2.24, 2.45) is 0 Å². The lowest BCUT2D eigenvalue weighted by atomic mass is 10.2. The predicted molar refractivity (Wildman–Crippen MR) is 79.8 cm³/mol. The standard InChI is InChI=1S/C14H11N3O4S/c1-10-6-7-12(8-14(10)17(18)19)22(20,21)16-13-5-3-2-4-11(13)9-15/h2-8,16H,1H3. The van der Waals surface area contributed by atoms with E-state index in [4.69, 9.17) is 5.26 Å². The lowest BCUT2D eigenvalue weighted by Crippen LogP contribution is -2.14. The number of hydrogen-bond donors (Lipinski definition) is 1. The van der Waals surface area contributed by atoms with E-state index >= 15 is 0 Å². The van der Waals surface area contributed by atoms with Crippen molar-refractivity contribution in [2.45, 2.75) is 11.8 Å². The average Bonchev–Trinajstić information content (AvgIpc) is 2.47. The largest absolute Gasteiger partial charge is 0.278 e. The summed E-state index contributed by atoms with van der Waals surface area (Å²) in [7, 11) is -4.02. The number of benzene rings is 2. The minimum atomic E-state index is -4.02. The zero-order chi connectivity index (χ0) is 16.3. The summed E-state index contributed by atoms with van der Waals surface area (Å²) in [5.41, 5.74) is 0.360. The van der Waals surface area contributed by atoms with E-state index in [1.807, 2.05) is 6.07 Å². The molecular weight excluding hydrogens is 306 g/mol. The Morgan fingerprint density at radius 1 is 1.23 bits per heavy atom. The van der Waals surface area contributed by atoms with Crippen LogP contribution in [0.4, 0.5) is 11.4 Å². The number of nitrogens with zero attached hydrogens (tertiary/aromatic N) is 2. The van der Waals surface area contributed by atoms with E-state index in [9.17, 15) is 18.5 Å². The van der Waals surface area contributed by atoms with Crippen LogP contribution < -0.4 is 4.72 Å². The maximum absolute atomic E-state index is 12.3. The molecule has 0 atom stereocenters. The Morgan fingerprint density at radius 2 is 1.91 bits per heavy atom. The molecule has 0 spiro atoms. The van der Waals surface area contributed by atoms with Crippen molar-refractivity contribution in [3.63, 3.8) is 0 Å². The maximum Gasteiger partial charge on any atom is 0.273 e. The molecule has 0 heterocycles. The second kappa shape index (κ2) is 5.83. The molecule has 0 bridgehead atoms. The van der Waals surface area contributed by atoms with Gasteiger partial charge in [-0.2, -0.15) is 5.26 Å². The van der Waals surface area contributed by atoms with Gasteiger partial charge in [-0.05, 0) is 25.1 Å². The van der Waals surface area contributed by atoms with Gasteiger partial charge in [0.1, 0.15) is 6.07 Å². The van der Waals surface area contributed by atoms with Crippen LogP contribution in [0.25, 0.3) is 0 Å². The molecule has 0 aliphatic rings. The number of para-hydroxylation sites is 1. The fourth-order valence-electron chi connectivity index (χ4n) is 1.83. The molecule has 2 aromatic rings. The minimum absolute atomic E-state index is 0.119. The SMILES string of the molecule is Cc1ccc(S(=O)(=O)Nc2ccccc2C#N)cc1[N+](=O)[O-]. The van der Waals surface area contributed by atoms with E-state index in [2.05, 4.69) is 4.72 Å². The summed E-state index contributed by atoms with van der Waals surface area (Å²) < 4.78 is 26.9. The summed E-state index contributed by atoms with van der Waals surface area (Å²) in [4.78, 5) is 10.0. The van der Waals surface area contributed by atoms with Crippen molar-refractivity contribution in [1.29, 1.82) is 5.26 Å². The van der Waals surface area contributed by atoms with E-state index in [-0.39, 0.29) is 21.8 Å². The van der Waals surface area contributed by atoms with Gasteiger partial charge in [-0.15, -0.1) is 0 Å². The zero-order valence-corrected chi connectivity index (χ0v) is 12.3. The third-order valence-electron chi connectivity index (χ3n) is 2.98. The molecule has 0 aliphatic carbocycles. The minimum Gasteiger partial charge on any atom is -0.278 e. The van der Waals surface area contributed by atoms with Gasteiger partial charge in [-0.25, -0.2) is 8.42 Å². The van der Waals surface area contributed by atoms with Gasteiger partial charge in [0.2, 0.25) is 0 Å². The van der Waals surface area contributed by atoms with Gasteiger partial charge < -0.3 is 0 Å². The van der Waals surface area contributed by atoms with Crippen molar-refractivity contribution in [1.82, 2.24) is 0 Å². The van der Waals surface area contributed by atoms with Gasteiger partial charge in [0.25, 0.3) is 15.7 Å². The van der Waals surface area contributed by atoms with Gasteiger partial charge in [0.05, 0.1) is 21.1 Å². The summed E-state index contributed by atoms with van der Waals surface area (Å²) in [5, 5.41) is 19.9. The number of rotatable bonds is 4. The van der Waals surface area contributed by atoms with Crippen LogP contribution in [0.5, 0.6) is 0 Å². The second-order valence-corrected chi connectivity index (χ2v) is 6.15. The number of hydrogen-bond acceptors (Lipinski definition) is 5. The molecule has 0 aliphatic heterocycles. The van der Waals surface area contributed by atoms with Crippen LogP contribution in [0.15, 0.2) is 47.4 Å². The van der Waals surface area contributed by atoms with Crippen LogP contribution in [0.3, 0.4) is 0 Å². The van der Waals surface area contributed by atoms with Crippen molar-refractivity contribution in [2.75, 3.05) is 4.72 Å². The number of nitro benzene ring substituents is 1. The van der Waals surface area contributed by atoms with E-state index in [1.165, 1.54) is 31.2 Å². The van der Waals surface area contributed by atoms with Crippen molar-refractivity contribution < 1.29 is 13.3 Å². The second-order valence-electron chi connectivity index (χ2n) is 4.47. The Kier molecular flexibility index (Phi) is 4.10. The van der Waals surface area contributed by atoms with Gasteiger partial charge in [0.15, 0.2) is 0 Å². The van der Waals surface area contributed by atoms with Crippen LogP contribution in [-0.2, 0) is 10.0 Å². The molecule has 0 aromatic heterocycles. The first-order chi connectivity index (χ1) is 10.3. The highest BCUT2D eigenvalue weighted by Crippen LogP contribution is 2.24. The molecule has 22 heavy (non-hydrogen) atoms. The number of sulfonamides is 1. The van der Waals surface area contributed by atoms with Crippen LogP contribution >= 0.6 is 0 Å². The Hall–Kier alpha value is -2.92. The molecule has 0 saturated carbocycles. The number of aryl methyl sites for hydroxylation is 1. The molecule has 0 radical (unpaired) electrons. The highest BCUT2D eigenvalue weighted by atomic mass is 32.2. The van der Waals surface area contributed by atoms with Crippen LogP contribution in [0.2, 0.25) is 0 Å². The molecule has 0 amide bonds. The molecule has 0 fully saturated rings. The Balaban J connectivity index is 2.46. The lowest BCUT2D eigenvalue weighted by molar-refractivity contribution is -0.385. The molecule has 2 aromatic carbocycles. The number of anilines is 1. The summed E-state index contributed by atoms with van der Waals surface area (Å²) >= 11 is 0. The smallest absolute Gasteiger partial charge is 0.273 e. The fraction of sp³-hybridized carbons (Fsp3) is 0.0714. The van der Waals surface area contributed by atoms with Gasteiger partial charge in [-0.3, -0.25) is 14.8 Å². The quantitative estimate of drug-likeness (QED) is 0.687. The Labute approximate surface area is 127 Å². The van der Waals surface area contributed by atoms with Gasteiger partial charge in [-0.1, -0.05) is 18.2 Å². The molecule has 2 rings (SSSR count). The molecule has 112 valence electrons. The number of nitriles is 1.